The van der Waals surface area contributed by atoms with Crippen molar-refractivity contribution in [3.05, 3.63) is 48.4 Å². The molecule has 0 aliphatic rings. The molecule has 0 aliphatic carbocycles. The van der Waals surface area contributed by atoms with E-state index in [0.717, 1.165) is 5.69 Å². The van der Waals surface area contributed by atoms with Gasteiger partial charge in [-0.3, -0.25) is 9.59 Å². The molecule has 6 nitrogen and oxygen atoms in total. The number of nitrogens with zero attached hydrogens (tertiary/aromatic N) is 1. The van der Waals surface area contributed by atoms with Crippen molar-refractivity contribution in [2.24, 2.45) is 0 Å². The Morgan fingerprint density at radius 3 is 2.62 bits per heavy atom. The molecule has 0 atom stereocenters. The highest BCUT2D eigenvalue weighted by Crippen LogP contribution is 2.17. The van der Waals surface area contributed by atoms with E-state index in [-0.39, 0.29) is 6.54 Å². The molecule has 1 aromatic carbocycles. The molecule has 0 radical (unpaired) electrons. The van der Waals surface area contributed by atoms with Crippen LogP contribution in [0.2, 0.25) is 0 Å². The van der Waals surface area contributed by atoms with Crippen LogP contribution < -0.4 is 15.5 Å². The predicted octanol–water partition coefficient (Wildman–Crippen LogP) is 1.60. The van der Waals surface area contributed by atoms with Crippen molar-refractivity contribution >= 4 is 23.2 Å². The summed E-state index contributed by atoms with van der Waals surface area (Å²) in [5, 5.41) is 5.05. The monoisotopic (exact) mass is 287 g/mol. The molecule has 0 saturated heterocycles. The minimum absolute atomic E-state index is 0.178. The molecule has 0 unspecified atom stereocenters. The zero-order valence-electron chi connectivity index (χ0n) is 11.9. The van der Waals surface area contributed by atoms with Gasteiger partial charge >= 0.3 is 11.8 Å². The third-order valence-corrected chi connectivity index (χ3v) is 2.83. The van der Waals surface area contributed by atoms with E-state index in [1.54, 1.807) is 24.3 Å². The first-order valence-electron chi connectivity index (χ1n) is 6.45. The van der Waals surface area contributed by atoms with E-state index in [2.05, 4.69) is 10.6 Å². The second kappa shape index (κ2) is 6.60. The number of hydrogen-bond acceptors (Lipinski definition) is 4. The van der Waals surface area contributed by atoms with Gasteiger partial charge in [-0.05, 0) is 30.3 Å². The van der Waals surface area contributed by atoms with Crippen LogP contribution in [-0.4, -0.2) is 25.9 Å². The number of carbonyl (C=O) groups is 2. The molecule has 0 fully saturated rings. The fourth-order valence-corrected chi connectivity index (χ4v) is 1.71. The fourth-order valence-electron chi connectivity index (χ4n) is 1.71. The minimum atomic E-state index is -0.711. The summed E-state index contributed by atoms with van der Waals surface area (Å²) >= 11 is 0. The van der Waals surface area contributed by atoms with Crippen LogP contribution in [0.5, 0.6) is 0 Å². The van der Waals surface area contributed by atoms with E-state index in [1.165, 1.54) is 6.26 Å². The van der Waals surface area contributed by atoms with Crippen LogP contribution in [0, 0.1) is 0 Å². The Kier molecular flexibility index (Phi) is 4.61. The predicted molar refractivity (Wildman–Crippen MR) is 80.0 cm³/mol. The molecule has 2 N–H and O–H groups in total. The number of rotatable bonds is 4. The van der Waals surface area contributed by atoms with Crippen LogP contribution in [0.3, 0.4) is 0 Å². The van der Waals surface area contributed by atoms with Gasteiger partial charge in [-0.2, -0.15) is 0 Å². The Hall–Kier alpha value is -2.76. The number of carbonyl (C=O) groups excluding carboxylic acids is 2. The van der Waals surface area contributed by atoms with Crippen LogP contribution >= 0.6 is 0 Å². The molecular weight excluding hydrogens is 270 g/mol. The van der Waals surface area contributed by atoms with Crippen LogP contribution in [0.1, 0.15) is 5.76 Å². The summed E-state index contributed by atoms with van der Waals surface area (Å²) in [6.45, 7) is 0.178. The highest BCUT2D eigenvalue weighted by molar-refractivity contribution is 6.39. The minimum Gasteiger partial charge on any atom is -0.467 e. The molecule has 6 heteroatoms. The van der Waals surface area contributed by atoms with E-state index in [4.69, 9.17) is 4.42 Å². The molecule has 1 aromatic heterocycles. The third-order valence-electron chi connectivity index (χ3n) is 2.83. The molecule has 2 rings (SSSR count). The zero-order valence-corrected chi connectivity index (χ0v) is 11.9. The lowest BCUT2D eigenvalue weighted by Crippen LogP contribution is -2.34. The zero-order chi connectivity index (χ0) is 15.2. The van der Waals surface area contributed by atoms with Gasteiger partial charge < -0.3 is 20.0 Å². The summed E-state index contributed by atoms with van der Waals surface area (Å²) in [5.41, 5.74) is 1.50. The highest BCUT2D eigenvalue weighted by Gasteiger charge is 2.14. The molecule has 110 valence electrons. The average Bonchev–Trinajstić information content (AvgIpc) is 2.98. The first-order chi connectivity index (χ1) is 10.1. The molecule has 0 spiro atoms. The third kappa shape index (κ3) is 4.10. The maximum Gasteiger partial charge on any atom is 0.313 e. The van der Waals surface area contributed by atoms with Crippen molar-refractivity contribution in [1.82, 2.24) is 5.32 Å². The fraction of sp³-hybridized carbons (Fsp3) is 0.200. The molecule has 0 saturated carbocycles. The molecule has 1 heterocycles. The smallest absolute Gasteiger partial charge is 0.313 e. The maximum absolute atomic E-state index is 11.8. The Balaban J connectivity index is 1.91. The van der Waals surface area contributed by atoms with Crippen molar-refractivity contribution in [2.45, 2.75) is 6.54 Å². The number of furan rings is 1. The number of nitrogens with one attached hydrogen (secondary N) is 2. The van der Waals surface area contributed by atoms with Gasteiger partial charge in [-0.15, -0.1) is 0 Å². The Morgan fingerprint density at radius 2 is 1.95 bits per heavy atom. The maximum atomic E-state index is 11.8. The van der Waals surface area contributed by atoms with Gasteiger partial charge in [-0.25, -0.2) is 0 Å². The molecule has 2 aromatic rings. The number of anilines is 2. The summed E-state index contributed by atoms with van der Waals surface area (Å²) in [6.07, 6.45) is 1.51. The number of benzene rings is 1. The Bertz CT molecular complexity index is 621. The largest absolute Gasteiger partial charge is 0.467 e. The van der Waals surface area contributed by atoms with Crippen molar-refractivity contribution in [2.75, 3.05) is 24.3 Å². The quantitative estimate of drug-likeness (QED) is 0.838. The van der Waals surface area contributed by atoms with Gasteiger partial charge in [0.15, 0.2) is 0 Å². The van der Waals surface area contributed by atoms with Gasteiger partial charge in [0.25, 0.3) is 0 Å². The standard InChI is InChI=1S/C15H17N3O3/c1-18(2)12-6-3-5-11(9-12)17-15(20)14(19)16-10-13-7-4-8-21-13/h3-9H,10H2,1-2H3,(H,16,19)(H,17,20). The highest BCUT2D eigenvalue weighted by atomic mass is 16.3. The van der Waals surface area contributed by atoms with Crippen LogP contribution in [-0.2, 0) is 16.1 Å². The number of amides is 2. The normalized spacial score (nSPS) is 10.0. The molecule has 0 bridgehead atoms. The van der Waals surface area contributed by atoms with Crippen molar-refractivity contribution in [3.63, 3.8) is 0 Å². The second-order valence-corrected chi connectivity index (χ2v) is 4.66. The summed E-state index contributed by atoms with van der Waals surface area (Å²) < 4.78 is 5.07. The summed E-state index contributed by atoms with van der Waals surface area (Å²) in [6, 6.07) is 10.7. The summed E-state index contributed by atoms with van der Waals surface area (Å²) in [4.78, 5) is 25.4. The average molecular weight is 287 g/mol. The van der Waals surface area contributed by atoms with E-state index >= 15 is 0 Å². The van der Waals surface area contributed by atoms with E-state index in [1.807, 2.05) is 31.1 Å². The van der Waals surface area contributed by atoms with Gasteiger partial charge in [0, 0.05) is 25.5 Å². The first kappa shape index (κ1) is 14.6. The van der Waals surface area contributed by atoms with Gasteiger partial charge in [0.1, 0.15) is 5.76 Å². The first-order valence-corrected chi connectivity index (χ1v) is 6.45. The molecule has 0 aliphatic heterocycles. The van der Waals surface area contributed by atoms with Crippen LogP contribution in [0.15, 0.2) is 47.1 Å². The van der Waals surface area contributed by atoms with Gasteiger partial charge in [0.05, 0.1) is 12.8 Å². The summed E-state index contributed by atoms with van der Waals surface area (Å²) in [7, 11) is 3.80. The second-order valence-electron chi connectivity index (χ2n) is 4.66. The van der Waals surface area contributed by atoms with Crippen molar-refractivity contribution in [3.8, 4) is 0 Å². The molecule has 2 amide bonds. The Labute approximate surface area is 122 Å². The summed E-state index contributed by atoms with van der Waals surface area (Å²) in [5.74, 6) is -0.829. The van der Waals surface area contributed by atoms with Crippen LogP contribution in [0.4, 0.5) is 11.4 Å². The van der Waals surface area contributed by atoms with Crippen molar-refractivity contribution in [1.29, 1.82) is 0 Å². The lowest BCUT2D eigenvalue weighted by atomic mass is 10.2. The van der Waals surface area contributed by atoms with Crippen molar-refractivity contribution < 1.29 is 14.0 Å². The van der Waals surface area contributed by atoms with Gasteiger partial charge in [0.2, 0.25) is 0 Å². The lowest BCUT2D eigenvalue weighted by Gasteiger charge is -2.13. The Morgan fingerprint density at radius 1 is 1.14 bits per heavy atom. The van der Waals surface area contributed by atoms with E-state index < -0.39 is 11.8 Å². The van der Waals surface area contributed by atoms with Gasteiger partial charge in [-0.1, -0.05) is 6.07 Å². The topological polar surface area (TPSA) is 74.6 Å². The van der Waals surface area contributed by atoms with E-state index in [0.29, 0.717) is 11.4 Å². The number of hydrogen-bond donors (Lipinski definition) is 2. The molecular formula is C15H17N3O3. The van der Waals surface area contributed by atoms with Crippen LogP contribution in [0.25, 0.3) is 0 Å². The van der Waals surface area contributed by atoms with E-state index in [9.17, 15) is 9.59 Å². The molecule has 21 heavy (non-hydrogen) atoms. The SMILES string of the molecule is CN(C)c1cccc(NC(=O)C(=O)NCc2ccco2)c1. The lowest BCUT2D eigenvalue weighted by molar-refractivity contribution is -0.136.